The number of hydrogen-bond donors (Lipinski definition) is 0. The minimum absolute atomic E-state index is 0.110. The Balaban J connectivity index is 1.34. The van der Waals surface area contributed by atoms with Gasteiger partial charge in [-0.25, -0.2) is 0 Å². The molecule has 0 radical (unpaired) electrons. The second kappa shape index (κ2) is 7.75. The molecule has 1 aliphatic heterocycles. The standard InChI is InChI=1S/C24H21N3O4/c1-15-19(16(2)27(25-15)13-17-6-4-3-5-7-17)11-21(28)20-12-23(31-26-20)18-8-9-22-24(10-18)30-14-29-22/h3-10,12H,11,13-14H2,1-2H3. The average Bonchev–Trinajstić information content (AvgIpc) is 3.50. The van der Waals surface area contributed by atoms with E-state index in [1.54, 1.807) is 6.07 Å². The Morgan fingerprint density at radius 3 is 2.68 bits per heavy atom. The molecule has 0 spiro atoms. The number of ether oxygens (including phenoxy) is 2. The van der Waals surface area contributed by atoms with E-state index >= 15 is 0 Å². The van der Waals surface area contributed by atoms with Gasteiger partial charge in [0.25, 0.3) is 0 Å². The van der Waals surface area contributed by atoms with Crippen LogP contribution in [0.15, 0.2) is 59.1 Å². The molecule has 5 rings (SSSR count). The number of fused-ring (bicyclic) bond motifs is 1. The van der Waals surface area contributed by atoms with E-state index in [0.29, 0.717) is 29.5 Å². The first-order valence-electron chi connectivity index (χ1n) is 10.1. The molecule has 0 fully saturated rings. The lowest BCUT2D eigenvalue weighted by Crippen LogP contribution is -2.07. The molecule has 4 aromatic rings. The molecule has 0 aliphatic carbocycles. The number of benzene rings is 2. The fourth-order valence-electron chi connectivity index (χ4n) is 3.74. The number of carbonyl (C=O) groups is 1. The van der Waals surface area contributed by atoms with Crippen LogP contribution >= 0.6 is 0 Å². The van der Waals surface area contributed by atoms with Gasteiger partial charge in [0.05, 0.1) is 12.2 Å². The van der Waals surface area contributed by atoms with Gasteiger partial charge in [-0.15, -0.1) is 0 Å². The molecule has 2 aromatic carbocycles. The molecule has 0 atom stereocenters. The summed E-state index contributed by atoms with van der Waals surface area (Å²) >= 11 is 0. The van der Waals surface area contributed by atoms with Crippen molar-refractivity contribution in [2.75, 3.05) is 6.79 Å². The van der Waals surface area contributed by atoms with Crippen molar-refractivity contribution in [2.24, 2.45) is 0 Å². The molecule has 31 heavy (non-hydrogen) atoms. The first kappa shape index (κ1) is 19.1. The third-order valence-electron chi connectivity index (χ3n) is 5.50. The van der Waals surface area contributed by atoms with Crippen LogP contribution in [0.25, 0.3) is 11.3 Å². The third kappa shape index (κ3) is 3.70. The molecule has 7 nitrogen and oxygen atoms in total. The maximum atomic E-state index is 12.9. The molecule has 0 unspecified atom stereocenters. The summed E-state index contributed by atoms with van der Waals surface area (Å²) < 4.78 is 18.1. The molecule has 1 aliphatic rings. The second-order valence-electron chi connectivity index (χ2n) is 7.54. The summed E-state index contributed by atoms with van der Waals surface area (Å²) in [7, 11) is 0. The highest BCUT2D eigenvalue weighted by Crippen LogP contribution is 2.36. The van der Waals surface area contributed by atoms with Crippen LogP contribution in [0, 0.1) is 13.8 Å². The second-order valence-corrected chi connectivity index (χ2v) is 7.54. The Hall–Kier alpha value is -3.87. The van der Waals surface area contributed by atoms with Gasteiger partial charge in [0, 0.05) is 29.3 Å². The van der Waals surface area contributed by atoms with Gasteiger partial charge >= 0.3 is 0 Å². The highest BCUT2D eigenvalue weighted by atomic mass is 16.7. The van der Waals surface area contributed by atoms with E-state index in [2.05, 4.69) is 22.4 Å². The summed E-state index contributed by atoms with van der Waals surface area (Å²) in [6.45, 7) is 4.79. The van der Waals surface area contributed by atoms with Crippen LogP contribution in [0.4, 0.5) is 0 Å². The molecule has 0 N–H and O–H groups in total. The Bertz CT molecular complexity index is 1260. The zero-order valence-corrected chi connectivity index (χ0v) is 17.3. The zero-order valence-electron chi connectivity index (χ0n) is 17.3. The van der Waals surface area contributed by atoms with E-state index in [9.17, 15) is 4.79 Å². The van der Waals surface area contributed by atoms with Gasteiger partial charge in [0.15, 0.2) is 28.7 Å². The highest BCUT2D eigenvalue weighted by Gasteiger charge is 2.21. The summed E-state index contributed by atoms with van der Waals surface area (Å²) in [6.07, 6.45) is 0.222. The molecule has 156 valence electrons. The van der Waals surface area contributed by atoms with E-state index in [1.165, 1.54) is 0 Å². The Kier molecular flexibility index (Phi) is 4.78. The minimum Gasteiger partial charge on any atom is -0.454 e. The lowest BCUT2D eigenvalue weighted by Gasteiger charge is -2.05. The van der Waals surface area contributed by atoms with Crippen LogP contribution in [0.1, 0.15) is 33.0 Å². The Morgan fingerprint density at radius 2 is 1.84 bits per heavy atom. The van der Waals surface area contributed by atoms with Crippen molar-refractivity contribution < 1.29 is 18.8 Å². The van der Waals surface area contributed by atoms with Crippen molar-refractivity contribution in [3.8, 4) is 22.8 Å². The topological polar surface area (TPSA) is 79.4 Å². The molecule has 0 saturated carbocycles. The van der Waals surface area contributed by atoms with Gasteiger partial charge in [0.1, 0.15) is 0 Å². The Morgan fingerprint density at radius 1 is 1.03 bits per heavy atom. The molecule has 3 heterocycles. The molecular formula is C24H21N3O4. The van der Waals surface area contributed by atoms with Crippen LogP contribution in [0.3, 0.4) is 0 Å². The number of Topliss-reactive ketones (excluding diaryl/α,β-unsaturated/α-hetero) is 1. The SMILES string of the molecule is Cc1nn(Cc2ccccc2)c(C)c1CC(=O)c1cc(-c2ccc3c(c2)OCO3)on1. The normalized spacial score (nSPS) is 12.3. The number of aromatic nitrogens is 3. The van der Waals surface area contributed by atoms with Crippen LogP contribution in [-0.4, -0.2) is 27.5 Å². The fraction of sp³-hybridized carbons (Fsp3) is 0.208. The van der Waals surface area contributed by atoms with Gasteiger partial charge in [-0.1, -0.05) is 35.5 Å². The van der Waals surface area contributed by atoms with E-state index in [1.807, 2.05) is 54.9 Å². The van der Waals surface area contributed by atoms with Gasteiger partial charge < -0.3 is 14.0 Å². The number of carbonyl (C=O) groups excluding carboxylic acids is 1. The van der Waals surface area contributed by atoms with Crippen LogP contribution in [0.5, 0.6) is 11.5 Å². The summed E-state index contributed by atoms with van der Waals surface area (Å²) in [5.41, 5.74) is 4.99. The maximum Gasteiger partial charge on any atom is 0.231 e. The van der Waals surface area contributed by atoms with E-state index in [4.69, 9.17) is 14.0 Å². The number of ketones is 1. The fourth-order valence-corrected chi connectivity index (χ4v) is 3.74. The van der Waals surface area contributed by atoms with Crippen molar-refractivity contribution >= 4 is 5.78 Å². The highest BCUT2D eigenvalue weighted by molar-refractivity contribution is 5.96. The van der Waals surface area contributed by atoms with E-state index in [-0.39, 0.29) is 19.0 Å². The maximum absolute atomic E-state index is 12.9. The van der Waals surface area contributed by atoms with Gasteiger partial charge in [-0.3, -0.25) is 9.48 Å². The van der Waals surface area contributed by atoms with Crippen molar-refractivity contribution in [3.05, 3.63) is 82.8 Å². The number of hydrogen-bond acceptors (Lipinski definition) is 6. The molecule has 0 bridgehead atoms. The van der Waals surface area contributed by atoms with Crippen molar-refractivity contribution in [1.29, 1.82) is 0 Å². The van der Waals surface area contributed by atoms with Crippen LogP contribution < -0.4 is 9.47 Å². The van der Waals surface area contributed by atoms with Crippen molar-refractivity contribution in [1.82, 2.24) is 14.9 Å². The lowest BCUT2D eigenvalue weighted by molar-refractivity contribution is 0.0984. The van der Waals surface area contributed by atoms with Crippen molar-refractivity contribution in [3.63, 3.8) is 0 Å². The predicted molar refractivity (Wildman–Crippen MR) is 113 cm³/mol. The van der Waals surface area contributed by atoms with E-state index in [0.717, 1.165) is 28.1 Å². The quantitative estimate of drug-likeness (QED) is 0.436. The van der Waals surface area contributed by atoms with Crippen LogP contribution in [-0.2, 0) is 13.0 Å². The van der Waals surface area contributed by atoms with Crippen LogP contribution in [0.2, 0.25) is 0 Å². The molecule has 0 amide bonds. The zero-order chi connectivity index (χ0) is 21.4. The largest absolute Gasteiger partial charge is 0.454 e. The smallest absolute Gasteiger partial charge is 0.231 e. The molecule has 2 aromatic heterocycles. The third-order valence-corrected chi connectivity index (χ3v) is 5.50. The summed E-state index contributed by atoms with van der Waals surface area (Å²) in [6, 6.07) is 17.3. The number of rotatable bonds is 6. The number of aryl methyl sites for hydroxylation is 1. The monoisotopic (exact) mass is 415 g/mol. The average molecular weight is 415 g/mol. The molecule has 7 heteroatoms. The molecule has 0 saturated heterocycles. The first-order chi connectivity index (χ1) is 15.1. The lowest BCUT2D eigenvalue weighted by atomic mass is 10.0. The number of nitrogens with zero attached hydrogens (tertiary/aromatic N) is 3. The Labute approximate surface area is 179 Å². The van der Waals surface area contributed by atoms with Crippen molar-refractivity contribution in [2.45, 2.75) is 26.8 Å². The van der Waals surface area contributed by atoms with E-state index < -0.39 is 0 Å². The predicted octanol–water partition coefficient (Wildman–Crippen LogP) is 4.36. The molecular weight excluding hydrogens is 394 g/mol. The first-order valence-corrected chi connectivity index (χ1v) is 10.1. The summed E-state index contributed by atoms with van der Waals surface area (Å²) in [5.74, 6) is 1.74. The van der Waals surface area contributed by atoms with Gasteiger partial charge in [-0.2, -0.15) is 5.10 Å². The summed E-state index contributed by atoms with van der Waals surface area (Å²) in [4.78, 5) is 12.9. The minimum atomic E-state index is -0.110. The van der Waals surface area contributed by atoms with Gasteiger partial charge in [-0.05, 0) is 37.6 Å². The van der Waals surface area contributed by atoms with Gasteiger partial charge in [0.2, 0.25) is 6.79 Å². The summed E-state index contributed by atoms with van der Waals surface area (Å²) in [5, 5.41) is 8.63.